The van der Waals surface area contributed by atoms with Gasteiger partial charge in [-0.15, -0.1) is 0 Å². The molecule has 1 aliphatic heterocycles. The van der Waals surface area contributed by atoms with Crippen LogP contribution in [0.15, 0.2) is 0 Å². The number of hydrogen-bond donors (Lipinski definition) is 4. The number of nitrogens with two attached hydrogens (primary N) is 1. The zero-order chi connectivity index (χ0) is 12.7. The molecule has 6 nitrogen and oxygen atoms in total. The number of carbonyl (C=O) groups excluding carboxylic acids is 2. The van der Waals surface area contributed by atoms with Crippen LogP contribution in [0.1, 0.15) is 19.3 Å². The maximum absolute atomic E-state index is 11.6. The van der Waals surface area contributed by atoms with Crippen molar-refractivity contribution in [3.8, 4) is 0 Å². The number of hydrogen-bond acceptors (Lipinski definition) is 5. The number of nitrogens with one attached hydrogen (secondary N) is 2. The van der Waals surface area contributed by atoms with Gasteiger partial charge in [-0.3, -0.25) is 9.59 Å². The van der Waals surface area contributed by atoms with Crippen LogP contribution in [-0.2, 0) is 9.59 Å². The first-order valence-electron chi connectivity index (χ1n) is 5.92. The van der Waals surface area contributed by atoms with E-state index in [2.05, 4.69) is 5.32 Å². The third kappa shape index (κ3) is 5.30. The van der Waals surface area contributed by atoms with Crippen molar-refractivity contribution in [1.29, 1.82) is 0 Å². The molecule has 1 heterocycles. The molecule has 1 fully saturated rings. The highest BCUT2D eigenvalue weighted by Gasteiger charge is 2.30. The van der Waals surface area contributed by atoms with Gasteiger partial charge in [0.05, 0.1) is 6.54 Å². The summed E-state index contributed by atoms with van der Waals surface area (Å²) < 4.78 is 0. The number of Topliss-reactive ketones (excluding diaryl/α,β-unsaturated/α-hetero) is 1. The SMILES string of the molecule is NCCCCC(NO)C(=O)NCC(=O)C1[B]C1. The van der Waals surface area contributed by atoms with Gasteiger partial charge in [0, 0.05) is 0 Å². The van der Waals surface area contributed by atoms with E-state index in [1.807, 2.05) is 12.8 Å². The fraction of sp³-hybridized carbons (Fsp3) is 0.800. The van der Waals surface area contributed by atoms with Crippen LogP contribution < -0.4 is 16.5 Å². The second-order valence-corrected chi connectivity index (χ2v) is 4.23. The van der Waals surface area contributed by atoms with Crippen molar-refractivity contribution in [2.24, 2.45) is 5.73 Å². The van der Waals surface area contributed by atoms with Gasteiger partial charge in [0.1, 0.15) is 19.1 Å². The topological polar surface area (TPSA) is 104 Å². The number of hydroxylamine groups is 1. The lowest BCUT2D eigenvalue weighted by Gasteiger charge is -2.14. The lowest BCUT2D eigenvalue weighted by atomic mass is 9.99. The van der Waals surface area contributed by atoms with Crippen LogP contribution in [0.2, 0.25) is 12.1 Å². The molecular weight excluding hydrogens is 221 g/mol. The third-order valence-electron chi connectivity index (χ3n) is 2.74. The maximum atomic E-state index is 11.6. The number of rotatable bonds is 9. The van der Waals surface area contributed by atoms with Gasteiger partial charge in [-0.2, -0.15) is 5.48 Å². The molecule has 1 radical (unpaired) electrons. The van der Waals surface area contributed by atoms with E-state index < -0.39 is 6.04 Å². The summed E-state index contributed by atoms with van der Waals surface area (Å²) in [5.41, 5.74) is 7.30. The van der Waals surface area contributed by atoms with Gasteiger partial charge in [0.2, 0.25) is 5.91 Å². The largest absolute Gasteiger partial charge is 0.348 e. The van der Waals surface area contributed by atoms with Crippen LogP contribution in [0, 0.1) is 0 Å². The Hall–Kier alpha value is -0.915. The molecule has 1 amide bonds. The molecule has 1 saturated heterocycles. The van der Waals surface area contributed by atoms with Crippen LogP contribution in [0.3, 0.4) is 0 Å². The zero-order valence-electron chi connectivity index (χ0n) is 9.82. The first-order valence-corrected chi connectivity index (χ1v) is 5.92. The first kappa shape index (κ1) is 14.1. The average Bonchev–Trinajstić information content (AvgIpc) is 3.15. The Labute approximate surface area is 102 Å². The maximum Gasteiger partial charge on any atom is 0.239 e. The van der Waals surface area contributed by atoms with Gasteiger partial charge in [0.25, 0.3) is 0 Å². The van der Waals surface area contributed by atoms with Gasteiger partial charge >= 0.3 is 0 Å². The lowest BCUT2D eigenvalue weighted by molar-refractivity contribution is -0.128. The Morgan fingerprint density at radius 3 is 2.71 bits per heavy atom. The van der Waals surface area contributed by atoms with E-state index >= 15 is 0 Å². The normalized spacial score (nSPS) is 19.3. The molecule has 0 aliphatic carbocycles. The molecule has 1 aliphatic rings. The molecule has 0 saturated carbocycles. The van der Waals surface area contributed by atoms with Crippen LogP contribution >= 0.6 is 0 Å². The predicted octanol–water partition coefficient (Wildman–Crippen LogP) is -0.927. The summed E-state index contributed by atoms with van der Waals surface area (Å²) in [5, 5.41) is 11.4. The smallest absolute Gasteiger partial charge is 0.239 e. The highest BCUT2D eigenvalue weighted by molar-refractivity contribution is 6.58. The quantitative estimate of drug-likeness (QED) is 0.237. The Balaban J connectivity index is 2.19. The van der Waals surface area contributed by atoms with Gasteiger partial charge in [-0.05, 0) is 25.2 Å². The fourth-order valence-electron chi connectivity index (χ4n) is 1.51. The van der Waals surface area contributed by atoms with E-state index in [1.54, 1.807) is 0 Å². The average molecular weight is 240 g/mol. The number of unbranched alkanes of at least 4 members (excludes halogenated alkanes) is 1. The van der Waals surface area contributed by atoms with Gasteiger partial charge in [-0.25, -0.2) is 0 Å². The van der Waals surface area contributed by atoms with E-state index in [9.17, 15) is 9.59 Å². The molecule has 2 atom stereocenters. The van der Waals surface area contributed by atoms with Crippen molar-refractivity contribution in [2.75, 3.05) is 13.1 Å². The van der Waals surface area contributed by atoms with Crippen molar-refractivity contribution >= 4 is 19.0 Å². The molecule has 2 unspecified atom stereocenters. The highest BCUT2D eigenvalue weighted by Crippen LogP contribution is 2.27. The molecule has 0 aromatic heterocycles. The number of ketones is 1. The van der Waals surface area contributed by atoms with Crippen molar-refractivity contribution in [3.05, 3.63) is 0 Å². The van der Waals surface area contributed by atoms with Crippen molar-refractivity contribution in [3.63, 3.8) is 0 Å². The van der Waals surface area contributed by atoms with E-state index in [0.29, 0.717) is 13.0 Å². The summed E-state index contributed by atoms with van der Waals surface area (Å²) in [7, 11) is 1.90. The second-order valence-electron chi connectivity index (χ2n) is 4.23. The molecule has 1 rings (SSSR count). The van der Waals surface area contributed by atoms with E-state index in [0.717, 1.165) is 19.2 Å². The molecule has 7 heteroatoms. The summed E-state index contributed by atoms with van der Waals surface area (Å²) >= 11 is 0. The minimum Gasteiger partial charge on any atom is -0.348 e. The first-order chi connectivity index (χ1) is 8.19. The summed E-state index contributed by atoms with van der Waals surface area (Å²) in [4.78, 5) is 22.9. The molecular formula is C10H19BN3O3. The summed E-state index contributed by atoms with van der Waals surface area (Å²) in [6.07, 6.45) is 2.88. The van der Waals surface area contributed by atoms with E-state index in [1.165, 1.54) is 0 Å². The molecule has 0 aromatic carbocycles. The molecule has 0 aromatic rings. The summed E-state index contributed by atoms with van der Waals surface area (Å²) in [6.45, 7) is 0.602. The zero-order valence-corrected chi connectivity index (χ0v) is 9.82. The third-order valence-corrected chi connectivity index (χ3v) is 2.74. The number of amides is 1. The molecule has 0 spiro atoms. The monoisotopic (exact) mass is 240 g/mol. The second kappa shape index (κ2) is 7.42. The fourth-order valence-corrected chi connectivity index (χ4v) is 1.51. The van der Waals surface area contributed by atoms with Crippen molar-refractivity contribution < 1.29 is 14.8 Å². The van der Waals surface area contributed by atoms with E-state index in [4.69, 9.17) is 10.9 Å². The van der Waals surface area contributed by atoms with Gasteiger partial charge < -0.3 is 16.3 Å². The van der Waals surface area contributed by atoms with Crippen LogP contribution in [0.5, 0.6) is 0 Å². The number of carbonyl (C=O) groups is 2. The van der Waals surface area contributed by atoms with E-state index in [-0.39, 0.29) is 24.1 Å². The highest BCUT2D eigenvalue weighted by atomic mass is 16.5. The standard InChI is InChI=1S/C10H19BN3O3/c12-4-2-1-3-8(14-17)10(16)13-6-9(15)7-5-11-7/h7-8,14,17H,1-6,12H2,(H,13,16). The van der Waals surface area contributed by atoms with Crippen molar-refractivity contribution in [1.82, 2.24) is 10.8 Å². The Bertz CT molecular complexity index is 272. The molecule has 0 bridgehead atoms. The molecule has 5 N–H and O–H groups in total. The minimum atomic E-state index is -0.669. The predicted molar refractivity (Wildman–Crippen MR) is 63.9 cm³/mol. The summed E-state index contributed by atoms with van der Waals surface area (Å²) in [5.74, 6) is -0.302. The lowest BCUT2D eigenvalue weighted by Crippen LogP contribution is -2.44. The summed E-state index contributed by atoms with van der Waals surface area (Å²) in [6, 6.07) is -0.669. The van der Waals surface area contributed by atoms with Crippen molar-refractivity contribution in [2.45, 2.75) is 37.4 Å². The molecule has 95 valence electrons. The van der Waals surface area contributed by atoms with Gasteiger partial charge in [0.15, 0.2) is 0 Å². The Kier molecular flexibility index (Phi) is 6.17. The minimum absolute atomic E-state index is 0.0214. The van der Waals surface area contributed by atoms with Crippen LogP contribution in [-0.4, -0.2) is 43.3 Å². The Morgan fingerprint density at radius 1 is 1.47 bits per heavy atom. The van der Waals surface area contributed by atoms with Crippen LogP contribution in [0.4, 0.5) is 0 Å². The van der Waals surface area contributed by atoms with Crippen LogP contribution in [0.25, 0.3) is 0 Å². The molecule has 17 heavy (non-hydrogen) atoms. The van der Waals surface area contributed by atoms with Gasteiger partial charge in [-0.1, -0.05) is 12.7 Å². The Morgan fingerprint density at radius 2 is 2.18 bits per heavy atom.